The number of nitrogens with one attached hydrogen (secondary N) is 1. The molecule has 8 nitrogen and oxygen atoms in total. The maximum Gasteiger partial charge on any atom is 0.321 e. The van der Waals surface area contributed by atoms with E-state index in [0.717, 1.165) is 0 Å². The summed E-state index contributed by atoms with van der Waals surface area (Å²) in [5.41, 5.74) is 1.02. The predicted molar refractivity (Wildman–Crippen MR) is 119 cm³/mol. The van der Waals surface area contributed by atoms with Crippen LogP contribution in [0.2, 0.25) is 5.02 Å². The summed E-state index contributed by atoms with van der Waals surface area (Å²) in [4.78, 5) is 29.3. The number of carbonyl (C=O) groups excluding carboxylic acids is 2. The van der Waals surface area contributed by atoms with Crippen molar-refractivity contribution in [2.24, 2.45) is 0 Å². The fourth-order valence-corrected chi connectivity index (χ4v) is 3.65. The fourth-order valence-electron chi connectivity index (χ4n) is 3.46. The Morgan fingerprint density at radius 2 is 1.52 bits per heavy atom. The van der Waals surface area contributed by atoms with Gasteiger partial charge in [-0.15, -0.1) is 0 Å². The summed E-state index contributed by atoms with van der Waals surface area (Å²) < 4.78 is 16.0. The first-order chi connectivity index (χ1) is 15.0. The number of ether oxygens (including phenoxy) is 3. The Morgan fingerprint density at radius 1 is 0.871 bits per heavy atom. The normalized spacial score (nSPS) is 13.9. The fraction of sp³-hybridized carbons (Fsp3) is 0.364. The molecule has 2 aromatic carbocycles. The summed E-state index contributed by atoms with van der Waals surface area (Å²) in [5.74, 6) is 1.15. The number of halogens is 1. The van der Waals surface area contributed by atoms with E-state index in [1.165, 1.54) is 21.3 Å². The smallest absolute Gasteiger partial charge is 0.321 e. The third-order valence-electron chi connectivity index (χ3n) is 5.08. The highest BCUT2D eigenvalue weighted by atomic mass is 35.5. The van der Waals surface area contributed by atoms with Crippen LogP contribution in [-0.2, 0) is 0 Å². The molecular weight excluding hydrogens is 422 g/mol. The molecule has 0 bridgehead atoms. The van der Waals surface area contributed by atoms with E-state index in [9.17, 15) is 9.59 Å². The molecule has 1 aliphatic rings. The molecule has 2 aromatic rings. The standard InChI is InChI=1S/C22H26ClN3O5/c1-29-18-14-20(31-3)19(30-2)13-17(18)21(27)25-8-5-9-26(11-10-25)22(28)24-16-7-4-6-15(23)12-16/h4,6-7,12-14H,5,8-11H2,1-3H3,(H,24,28). The van der Waals surface area contributed by atoms with Gasteiger partial charge >= 0.3 is 6.03 Å². The highest BCUT2D eigenvalue weighted by Gasteiger charge is 2.26. The van der Waals surface area contributed by atoms with E-state index in [4.69, 9.17) is 25.8 Å². The molecule has 0 saturated carbocycles. The second kappa shape index (κ2) is 10.3. The Balaban J connectivity index is 1.70. The van der Waals surface area contributed by atoms with Gasteiger partial charge in [0.05, 0.1) is 26.9 Å². The molecule has 0 spiro atoms. The Hall–Kier alpha value is -3.13. The molecule has 3 rings (SSSR count). The van der Waals surface area contributed by atoms with Gasteiger partial charge in [-0.25, -0.2) is 4.79 Å². The van der Waals surface area contributed by atoms with Crippen LogP contribution < -0.4 is 19.5 Å². The number of anilines is 1. The summed E-state index contributed by atoms with van der Waals surface area (Å²) in [5, 5.41) is 3.40. The summed E-state index contributed by atoms with van der Waals surface area (Å²) in [6.45, 7) is 1.88. The molecule has 3 amide bonds. The van der Waals surface area contributed by atoms with Crippen LogP contribution in [0.1, 0.15) is 16.8 Å². The van der Waals surface area contributed by atoms with E-state index in [1.54, 1.807) is 46.2 Å². The van der Waals surface area contributed by atoms with Crippen LogP contribution in [0, 0.1) is 0 Å². The number of hydrogen-bond acceptors (Lipinski definition) is 5. The van der Waals surface area contributed by atoms with Gasteiger partial charge in [0.2, 0.25) is 0 Å². The summed E-state index contributed by atoms with van der Waals surface area (Å²) in [6, 6.07) is 10.0. The lowest BCUT2D eigenvalue weighted by atomic mass is 10.1. The summed E-state index contributed by atoms with van der Waals surface area (Å²) in [7, 11) is 4.54. The molecule has 1 heterocycles. The van der Waals surface area contributed by atoms with Crippen molar-refractivity contribution >= 4 is 29.2 Å². The summed E-state index contributed by atoms with van der Waals surface area (Å²) in [6.07, 6.45) is 0.657. The van der Waals surface area contributed by atoms with Crippen LogP contribution in [-0.4, -0.2) is 69.2 Å². The van der Waals surface area contributed by atoms with Crippen molar-refractivity contribution in [3.63, 3.8) is 0 Å². The number of carbonyl (C=O) groups is 2. The molecule has 0 unspecified atom stereocenters. The number of methoxy groups -OCH3 is 3. The summed E-state index contributed by atoms with van der Waals surface area (Å²) >= 11 is 5.98. The van der Waals surface area contributed by atoms with Gasteiger partial charge in [0, 0.05) is 49.0 Å². The lowest BCUT2D eigenvalue weighted by Crippen LogP contribution is -2.39. The highest BCUT2D eigenvalue weighted by Crippen LogP contribution is 2.35. The molecule has 0 aromatic heterocycles. The zero-order valence-corrected chi connectivity index (χ0v) is 18.6. The van der Waals surface area contributed by atoms with Gasteiger partial charge in [-0.1, -0.05) is 17.7 Å². The SMILES string of the molecule is COc1cc(OC)c(C(=O)N2CCCN(C(=O)Nc3cccc(Cl)c3)CC2)cc1OC. The third kappa shape index (κ3) is 5.32. The zero-order valence-electron chi connectivity index (χ0n) is 17.8. The first-order valence-electron chi connectivity index (χ1n) is 9.87. The van der Waals surface area contributed by atoms with Gasteiger partial charge < -0.3 is 29.3 Å². The first kappa shape index (κ1) is 22.6. The Bertz CT molecular complexity index is 953. The van der Waals surface area contributed by atoms with Crippen LogP contribution in [0.4, 0.5) is 10.5 Å². The molecule has 1 saturated heterocycles. The van der Waals surface area contributed by atoms with Crippen LogP contribution >= 0.6 is 11.6 Å². The number of hydrogen-bond donors (Lipinski definition) is 1. The molecule has 9 heteroatoms. The second-order valence-electron chi connectivity index (χ2n) is 6.98. The van der Waals surface area contributed by atoms with E-state index in [0.29, 0.717) is 66.1 Å². The maximum absolute atomic E-state index is 13.2. The molecule has 0 atom stereocenters. The van der Waals surface area contributed by atoms with Crippen molar-refractivity contribution in [3.8, 4) is 17.2 Å². The van der Waals surface area contributed by atoms with Crippen LogP contribution in [0.3, 0.4) is 0 Å². The van der Waals surface area contributed by atoms with Crippen LogP contribution in [0.15, 0.2) is 36.4 Å². The number of amides is 3. The van der Waals surface area contributed by atoms with Gasteiger partial charge in [0.1, 0.15) is 5.75 Å². The molecule has 31 heavy (non-hydrogen) atoms. The van der Waals surface area contributed by atoms with E-state index >= 15 is 0 Å². The van der Waals surface area contributed by atoms with Crippen LogP contribution in [0.5, 0.6) is 17.2 Å². The molecule has 1 N–H and O–H groups in total. The monoisotopic (exact) mass is 447 g/mol. The van der Waals surface area contributed by atoms with Gasteiger partial charge in [-0.2, -0.15) is 0 Å². The van der Waals surface area contributed by atoms with E-state index in [-0.39, 0.29) is 11.9 Å². The minimum Gasteiger partial charge on any atom is -0.496 e. The lowest BCUT2D eigenvalue weighted by molar-refractivity contribution is 0.0759. The first-order valence-corrected chi connectivity index (χ1v) is 10.3. The minimum absolute atomic E-state index is 0.185. The van der Waals surface area contributed by atoms with Crippen molar-refractivity contribution < 1.29 is 23.8 Å². The molecular formula is C22H26ClN3O5. The van der Waals surface area contributed by atoms with E-state index in [2.05, 4.69) is 5.32 Å². The van der Waals surface area contributed by atoms with Crippen molar-refractivity contribution in [3.05, 3.63) is 47.0 Å². The minimum atomic E-state index is -0.222. The molecule has 166 valence electrons. The van der Waals surface area contributed by atoms with Gasteiger partial charge in [-0.05, 0) is 24.6 Å². The number of rotatable bonds is 5. The van der Waals surface area contributed by atoms with Crippen molar-refractivity contribution in [1.29, 1.82) is 0 Å². The largest absolute Gasteiger partial charge is 0.496 e. The van der Waals surface area contributed by atoms with Crippen molar-refractivity contribution in [1.82, 2.24) is 9.80 Å². The molecule has 0 aliphatic carbocycles. The number of urea groups is 1. The third-order valence-corrected chi connectivity index (χ3v) is 5.32. The van der Waals surface area contributed by atoms with Crippen LogP contribution in [0.25, 0.3) is 0 Å². The highest BCUT2D eigenvalue weighted by molar-refractivity contribution is 6.30. The second-order valence-corrected chi connectivity index (χ2v) is 7.42. The molecule has 0 radical (unpaired) electrons. The Kier molecular flexibility index (Phi) is 7.46. The Morgan fingerprint density at radius 3 is 2.19 bits per heavy atom. The van der Waals surface area contributed by atoms with Gasteiger partial charge in [-0.3, -0.25) is 4.79 Å². The van der Waals surface area contributed by atoms with E-state index < -0.39 is 0 Å². The molecule has 1 fully saturated rings. The average Bonchev–Trinajstić information content (AvgIpc) is 3.04. The van der Waals surface area contributed by atoms with Gasteiger partial charge in [0.25, 0.3) is 5.91 Å². The topological polar surface area (TPSA) is 80.3 Å². The number of nitrogens with zero attached hydrogens (tertiary/aromatic N) is 2. The predicted octanol–water partition coefficient (Wildman–Crippen LogP) is 3.75. The van der Waals surface area contributed by atoms with Gasteiger partial charge in [0.15, 0.2) is 11.5 Å². The van der Waals surface area contributed by atoms with Crippen molar-refractivity contribution in [2.45, 2.75) is 6.42 Å². The molecule has 1 aliphatic heterocycles. The maximum atomic E-state index is 13.2. The van der Waals surface area contributed by atoms with Crippen molar-refractivity contribution in [2.75, 3.05) is 52.8 Å². The number of benzene rings is 2. The Labute approximate surface area is 186 Å². The average molecular weight is 448 g/mol. The lowest BCUT2D eigenvalue weighted by Gasteiger charge is -2.23. The zero-order chi connectivity index (χ0) is 22.4. The van der Waals surface area contributed by atoms with E-state index in [1.807, 2.05) is 0 Å². The quantitative estimate of drug-likeness (QED) is 0.755.